The van der Waals surface area contributed by atoms with Crippen molar-refractivity contribution in [1.29, 1.82) is 0 Å². The summed E-state index contributed by atoms with van der Waals surface area (Å²) in [4.78, 5) is 11.2. The zero-order valence-electron chi connectivity index (χ0n) is 9.11. The lowest BCUT2D eigenvalue weighted by molar-refractivity contribution is 1.19. The number of hydrogen-bond donors (Lipinski definition) is 0. The van der Waals surface area contributed by atoms with Crippen LogP contribution in [0.2, 0.25) is 5.15 Å². The minimum absolute atomic E-state index is 0.548. The quantitative estimate of drug-likeness (QED) is 0.639. The molecule has 3 rings (SSSR count). The smallest absolute Gasteiger partial charge is 0.163 e. The van der Waals surface area contributed by atoms with Gasteiger partial charge in [-0.3, -0.25) is 0 Å². The SMILES string of the molecule is CCc1cc2c(Cl)nc(-c3ccsc3)nc2s1. The first-order chi connectivity index (χ1) is 8.28. The number of halogens is 1. The summed E-state index contributed by atoms with van der Waals surface area (Å²) in [6.07, 6.45) is 1.01. The molecule has 3 heterocycles. The van der Waals surface area contributed by atoms with Gasteiger partial charge in [-0.1, -0.05) is 18.5 Å². The van der Waals surface area contributed by atoms with Crippen LogP contribution in [0.5, 0.6) is 0 Å². The van der Waals surface area contributed by atoms with Crippen molar-refractivity contribution in [3.63, 3.8) is 0 Å². The van der Waals surface area contributed by atoms with E-state index in [2.05, 4.69) is 23.0 Å². The van der Waals surface area contributed by atoms with Crippen molar-refractivity contribution >= 4 is 44.5 Å². The van der Waals surface area contributed by atoms with Crippen molar-refractivity contribution in [2.24, 2.45) is 0 Å². The van der Waals surface area contributed by atoms with Crippen LogP contribution in [0.3, 0.4) is 0 Å². The van der Waals surface area contributed by atoms with Gasteiger partial charge in [-0.05, 0) is 23.9 Å². The lowest BCUT2D eigenvalue weighted by atomic mass is 10.3. The molecule has 0 amide bonds. The summed E-state index contributed by atoms with van der Waals surface area (Å²) < 4.78 is 0. The summed E-state index contributed by atoms with van der Waals surface area (Å²) in [5.41, 5.74) is 1.03. The van der Waals surface area contributed by atoms with Crippen LogP contribution in [0.25, 0.3) is 21.6 Å². The van der Waals surface area contributed by atoms with E-state index in [0.717, 1.165) is 22.2 Å². The molecule has 0 radical (unpaired) electrons. The molecule has 0 aliphatic carbocycles. The van der Waals surface area contributed by atoms with E-state index in [-0.39, 0.29) is 0 Å². The highest BCUT2D eigenvalue weighted by Gasteiger charge is 2.11. The predicted molar refractivity (Wildman–Crippen MR) is 75.1 cm³/mol. The van der Waals surface area contributed by atoms with Crippen LogP contribution in [0.4, 0.5) is 0 Å². The van der Waals surface area contributed by atoms with Gasteiger partial charge in [0, 0.05) is 21.2 Å². The molecule has 0 aliphatic heterocycles. The van der Waals surface area contributed by atoms with Gasteiger partial charge >= 0.3 is 0 Å². The molecule has 3 aromatic rings. The number of nitrogens with zero attached hydrogens (tertiary/aromatic N) is 2. The molecule has 0 saturated heterocycles. The molecule has 0 bridgehead atoms. The fourth-order valence-electron chi connectivity index (χ4n) is 1.63. The number of rotatable bonds is 2. The Morgan fingerprint density at radius 1 is 1.35 bits per heavy atom. The van der Waals surface area contributed by atoms with Gasteiger partial charge in [0.15, 0.2) is 5.82 Å². The third kappa shape index (κ3) is 1.97. The van der Waals surface area contributed by atoms with Crippen molar-refractivity contribution in [3.05, 3.63) is 32.9 Å². The summed E-state index contributed by atoms with van der Waals surface area (Å²) in [5, 5.41) is 5.56. The van der Waals surface area contributed by atoms with E-state index in [1.807, 2.05) is 16.8 Å². The van der Waals surface area contributed by atoms with Crippen LogP contribution in [0, 0.1) is 0 Å². The van der Waals surface area contributed by atoms with Gasteiger partial charge in [-0.2, -0.15) is 11.3 Å². The van der Waals surface area contributed by atoms with Crippen LogP contribution < -0.4 is 0 Å². The van der Waals surface area contributed by atoms with Crippen molar-refractivity contribution in [3.8, 4) is 11.4 Å². The first-order valence-electron chi connectivity index (χ1n) is 5.26. The van der Waals surface area contributed by atoms with E-state index in [0.29, 0.717) is 11.0 Å². The van der Waals surface area contributed by atoms with Crippen LogP contribution >= 0.6 is 34.3 Å². The Morgan fingerprint density at radius 2 is 2.24 bits per heavy atom. The minimum atomic E-state index is 0.548. The van der Waals surface area contributed by atoms with Crippen molar-refractivity contribution < 1.29 is 0 Å². The summed E-state index contributed by atoms with van der Waals surface area (Å²) in [7, 11) is 0. The van der Waals surface area contributed by atoms with Crippen LogP contribution in [0.15, 0.2) is 22.9 Å². The monoisotopic (exact) mass is 280 g/mol. The lowest BCUT2D eigenvalue weighted by Gasteiger charge is -1.98. The first-order valence-corrected chi connectivity index (χ1v) is 7.40. The third-order valence-corrected chi connectivity index (χ3v) is 4.67. The molecule has 5 heteroatoms. The van der Waals surface area contributed by atoms with Gasteiger partial charge in [0.05, 0.1) is 0 Å². The number of thiophene rings is 2. The fraction of sp³-hybridized carbons (Fsp3) is 0.167. The maximum Gasteiger partial charge on any atom is 0.163 e. The zero-order chi connectivity index (χ0) is 11.8. The molecule has 0 atom stereocenters. The standard InChI is InChI=1S/C12H9ClN2S2/c1-2-8-5-9-10(13)14-11(15-12(9)17-8)7-3-4-16-6-7/h3-6H,2H2,1H3. The second-order valence-corrected chi connectivity index (χ2v) is 5.89. The highest BCUT2D eigenvalue weighted by atomic mass is 35.5. The van der Waals surface area contributed by atoms with Gasteiger partial charge in [0.25, 0.3) is 0 Å². The average Bonchev–Trinajstić information content (AvgIpc) is 2.97. The molecule has 86 valence electrons. The van der Waals surface area contributed by atoms with Crippen LogP contribution in [-0.2, 0) is 6.42 Å². The highest BCUT2D eigenvalue weighted by Crippen LogP contribution is 2.31. The Balaban J connectivity index is 2.23. The van der Waals surface area contributed by atoms with Crippen LogP contribution in [-0.4, -0.2) is 9.97 Å². The predicted octanol–water partition coefficient (Wildman–Crippen LogP) is 4.64. The van der Waals surface area contributed by atoms with E-state index in [1.165, 1.54) is 4.88 Å². The third-order valence-electron chi connectivity index (χ3n) is 2.53. The van der Waals surface area contributed by atoms with Gasteiger partial charge in [0.1, 0.15) is 9.98 Å². The Hall–Kier alpha value is -0.970. The summed E-state index contributed by atoms with van der Waals surface area (Å²) in [6, 6.07) is 4.09. The Labute approximate surface area is 112 Å². The zero-order valence-corrected chi connectivity index (χ0v) is 11.5. The summed E-state index contributed by atoms with van der Waals surface area (Å²) in [6.45, 7) is 2.13. The Morgan fingerprint density at radius 3 is 2.94 bits per heavy atom. The van der Waals surface area contributed by atoms with Crippen molar-refractivity contribution in [2.75, 3.05) is 0 Å². The fourth-order valence-corrected chi connectivity index (χ4v) is 3.51. The van der Waals surface area contributed by atoms with Gasteiger partial charge < -0.3 is 0 Å². The van der Waals surface area contributed by atoms with E-state index >= 15 is 0 Å². The largest absolute Gasteiger partial charge is 0.217 e. The van der Waals surface area contributed by atoms with E-state index < -0.39 is 0 Å². The van der Waals surface area contributed by atoms with Crippen molar-refractivity contribution in [2.45, 2.75) is 13.3 Å². The lowest BCUT2D eigenvalue weighted by Crippen LogP contribution is -1.87. The molecule has 17 heavy (non-hydrogen) atoms. The average molecular weight is 281 g/mol. The van der Waals surface area contributed by atoms with E-state index in [1.54, 1.807) is 22.7 Å². The Bertz CT molecular complexity index is 659. The molecule has 2 nitrogen and oxygen atoms in total. The first kappa shape index (κ1) is 11.1. The minimum Gasteiger partial charge on any atom is -0.217 e. The number of aryl methyl sites for hydroxylation is 1. The number of hydrogen-bond acceptors (Lipinski definition) is 4. The highest BCUT2D eigenvalue weighted by molar-refractivity contribution is 7.18. The van der Waals surface area contributed by atoms with Crippen molar-refractivity contribution in [1.82, 2.24) is 9.97 Å². The van der Waals surface area contributed by atoms with Gasteiger partial charge in [-0.15, -0.1) is 11.3 Å². The van der Waals surface area contributed by atoms with Crippen LogP contribution in [0.1, 0.15) is 11.8 Å². The summed E-state index contributed by atoms with van der Waals surface area (Å²) >= 11 is 9.53. The molecule has 0 spiro atoms. The second-order valence-electron chi connectivity index (χ2n) is 3.64. The second kappa shape index (κ2) is 4.37. The number of fused-ring (bicyclic) bond motifs is 1. The van der Waals surface area contributed by atoms with Gasteiger partial charge in [0.2, 0.25) is 0 Å². The molecule has 0 unspecified atom stereocenters. The molecule has 0 fully saturated rings. The Kier molecular flexibility index (Phi) is 2.86. The molecule has 0 N–H and O–H groups in total. The molecule has 0 aromatic carbocycles. The maximum absolute atomic E-state index is 6.21. The molecular weight excluding hydrogens is 272 g/mol. The summed E-state index contributed by atoms with van der Waals surface area (Å²) in [5.74, 6) is 0.716. The molecule has 0 aliphatic rings. The molecule has 0 saturated carbocycles. The van der Waals surface area contributed by atoms with Gasteiger partial charge in [-0.25, -0.2) is 9.97 Å². The molecule has 3 aromatic heterocycles. The van der Waals surface area contributed by atoms with E-state index in [9.17, 15) is 0 Å². The topological polar surface area (TPSA) is 25.8 Å². The van der Waals surface area contributed by atoms with E-state index in [4.69, 9.17) is 11.6 Å². The molecular formula is C12H9ClN2S2. The maximum atomic E-state index is 6.21. The normalized spacial score (nSPS) is 11.2. The number of aromatic nitrogens is 2.